The zero-order valence-corrected chi connectivity index (χ0v) is 10.8. The molecule has 0 heterocycles. The van der Waals surface area contributed by atoms with Crippen molar-refractivity contribution in [1.29, 1.82) is 0 Å². The van der Waals surface area contributed by atoms with E-state index in [0.29, 0.717) is 0 Å². The molecule has 4 N–H and O–H groups in total. The SMILES string of the molecule is C[CH2][Sn]([CH2]C)([CH2]CN)[CH2]CN. The molecule has 0 saturated heterocycles. The maximum atomic E-state index is 5.61. The molecule has 0 unspecified atom stereocenters. The van der Waals surface area contributed by atoms with Crippen molar-refractivity contribution < 1.29 is 0 Å². The van der Waals surface area contributed by atoms with E-state index in [0.717, 1.165) is 13.1 Å². The van der Waals surface area contributed by atoms with Crippen LogP contribution in [0.1, 0.15) is 13.8 Å². The van der Waals surface area contributed by atoms with Gasteiger partial charge in [-0.25, -0.2) is 0 Å². The molecule has 0 aliphatic carbocycles. The van der Waals surface area contributed by atoms with Crippen molar-refractivity contribution in [2.45, 2.75) is 31.6 Å². The fourth-order valence-electron chi connectivity index (χ4n) is 1.69. The normalized spacial score (nSPS) is 12.0. The Morgan fingerprint density at radius 1 is 0.909 bits per heavy atom. The molecule has 0 rings (SSSR count). The Bertz CT molecular complexity index is 84.1. The van der Waals surface area contributed by atoms with Crippen molar-refractivity contribution in [3.8, 4) is 0 Å². The molecule has 0 atom stereocenters. The Hall–Kier alpha value is 0.719. The van der Waals surface area contributed by atoms with E-state index < -0.39 is 18.4 Å². The number of nitrogens with two attached hydrogens (primary N) is 2. The van der Waals surface area contributed by atoms with Gasteiger partial charge in [-0.3, -0.25) is 0 Å². The summed E-state index contributed by atoms with van der Waals surface area (Å²) in [7, 11) is 0. The predicted octanol–water partition coefficient (Wildman–Crippen LogP) is 1.39. The van der Waals surface area contributed by atoms with Gasteiger partial charge in [0.05, 0.1) is 0 Å². The van der Waals surface area contributed by atoms with Crippen LogP contribution in [0.25, 0.3) is 0 Å². The van der Waals surface area contributed by atoms with E-state index in [1.807, 2.05) is 0 Å². The Kier molecular flexibility index (Phi) is 6.67. The van der Waals surface area contributed by atoms with E-state index in [4.69, 9.17) is 11.5 Å². The van der Waals surface area contributed by atoms with E-state index in [2.05, 4.69) is 13.8 Å². The Balaban J connectivity index is 3.96. The average molecular weight is 265 g/mol. The topological polar surface area (TPSA) is 52.0 Å². The van der Waals surface area contributed by atoms with Crippen LogP contribution >= 0.6 is 0 Å². The van der Waals surface area contributed by atoms with Gasteiger partial charge in [0, 0.05) is 0 Å². The Morgan fingerprint density at radius 3 is 1.45 bits per heavy atom. The molecule has 2 nitrogen and oxygen atoms in total. The predicted molar refractivity (Wildman–Crippen MR) is 54.4 cm³/mol. The summed E-state index contributed by atoms with van der Waals surface area (Å²) in [4.78, 5) is 0. The third kappa shape index (κ3) is 3.76. The van der Waals surface area contributed by atoms with Crippen molar-refractivity contribution in [2.24, 2.45) is 11.5 Å². The van der Waals surface area contributed by atoms with E-state index in [1.54, 1.807) is 0 Å². The quantitative estimate of drug-likeness (QED) is 0.713. The summed E-state index contributed by atoms with van der Waals surface area (Å²) in [5, 5.41) is 0. The zero-order valence-electron chi connectivity index (χ0n) is 7.90. The van der Waals surface area contributed by atoms with Crippen LogP contribution in [0.4, 0.5) is 0 Å². The zero-order chi connectivity index (χ0) is 8.74. The molecule has 68 valence electrons. The molecule has 11 heavy (non-hydrogen) atoms. The van der Waals surface area contributed by atoms with Crippen LogP contribution in [-0.2, 0) is 0 Å². The van der Waals surface area contributed by atoms with Crippen molar-refractivity contribution in [3.63, 3.8) is 0 Å². The maximum absolute atomic E-state index is 5.61. The number of rotatable bonds is 6. The molecule has 0 bridgehead atoms. The monoisotopic (exact) mass is 266 g/mol. The van der Waals surface area contributed by atoms with Crippen LogP contribution < -0.4 is 11.5 Å². The molecule has 3 heteroatoms. The first-order valence-corrected chi connectivity index (χ1v) is 12.7. The van der Waals surface area contributed by atoms with E-state index in [9.17, 15) is 0 Å². The minimum atomic E-state index is -1.72. The second-order valence-electron chi connectivity index (χ2n) is 3.28. The van der Waals surface area contributed by atoms with Gasteiger partial charge in [0.1, 0.15) is 0 Å². The molecular formula is C8H22N2Sn. The summed E-state index contributed by atoms with van der Waals surface area (Å²) < 4.78 is 5.50. The van der Waals surface area contributed by atoms with Crippen molar-refractivity contribution in [2.75, 3.05) is 13.1 Å². The number of hydrogen-bond donors (Lipinski definition) is 2. The van der Waals surface area contributed by atoms with Gasteiger partial charge in [-0.15, -0.1) is 0 Å². The molecule has 0 aromatic rings. The standard InChI is InChI=1S/2C2H6N.2C2H5.Sn/c2*1-2-3;2*1-2;/h2*1-3H2;2*1H2,2H3;. The molecule has 0 aromatic carbocycles. The summed E-state index contributed by atoms with van der Waals surface area (Å²) in [6, 6.07) is 0. The van der Waals surface area contributed by atoms with Crippen LogP contribution in [0.15, 0.2) is 0 Å². The third-order valence-electron chi connectivity index (χ3n) is 2.85. The molecule has 0 fully saturated rings. The van der Waals surface area contributed by atoms with Crippen LogP contribution in [0.2, 0.25) is 17.7 Å². The molecule has 0 radical (unpaired) electrons. The van der Waals surface area contributed by atoms with Crippen LogP contribution in [0, 0.1) is 0 Å². The molecule has 0 aliphatic heterocycles. The molecule has 0 amide bonds. The van der Waals surface area contributed by atoms with E-state index in [-0.39, 0.29) is 0 Å². The van der Waals surface area contributed by atoms with Gasteiger partial charge in [-0.05, 0) is 0 Å². The Labute approximate surface area is 74.6 Å². The molecule has 0 saturated carbocycles. The van der Waals surface area contributed by atoms with Crippen molar-refractivity contribution in [3.05, 3.63) is 0 Å². The van der Waals surface area contributed by atoms with Gasteiger partial charge in [0.25, 0.3) is 0 Å². The summed E-state index contributed by atoms with van der Waals surface area (Å²) in [5.74, 6) is 0. The van der Waals surface area contributed by atoms with Crippen molar-refractivity contribution in [1.82, 2.24) is 0 Å². The van der Waals surface area contributed by atoms with E-state index in [1.165, 1.54) is 17.7 Å². The summed E-state index contributed by atoms with van der Waals surface area (Å²) >= 11 is -1.72. The first-order chi connectivity index (χ1) is 5.24. The van der Waals surface area contributed by atoms with Crippen LogP contribution in [0.3, 0.4) is 0 Å². The van der Waals surface area contributed by atoms with Gasteiger partial charge in [-0.1, -0.05) is 0 Å². The molecule has 0 spiro atoms. The van der Waals surface area contributed by atoms with Gasteiger partial charge in [0.2, 0.25) is 0 Å². The minimum absolute atomic E-state index is 0.887. The van der Waals surface area contributed by atoms with E-state index >= 15 is 0 Å². The average Bonchev–Trinajstić information content (AvgIpc) is 2.04. The second kappa shape index (κ2) is 6.26. The first kappa shape index (κ1) is 11.7. The summed E-state index contributed by atoms with van der Waals surface area (Å²) in [6.07, 6.45) is 0. The second-order valence-corrected chi connectivity index (χ2v) is 18.7. The third-order valence-corrected chi connectivity index (χ3v) is 19.1. The van der Waals surface area contributed by atoms with Gasteiger partial charge in [-0.2, -0.15) is 0 Å². The fraction of sp³-hybridized carbons (Fsp3) is 1.00. The van der Waals surface area contributed by atoms with Gasteiger partial charge >= 0.3 is 74.5 Å². The Morgan fingerprint density at radius 2 is 1.27 bits per heavy atom. The van der Waals surface area contributed by atoms with Crippen molar-refractivity contribution >= 4 is 18.4 Å². The number of hydrogen-bond acceptors (Lipinski definition) is 2. The van der Waals surface area contributed by atoms with Crippen LogP contribution in [-0.4, -0.2) is 31.5 Å². The summed E-state index contributed by atoms with van der Waals surface area (Å²) in [5.41, 5.74) is 11.2. The fourth-order valence-corrected chi connectivity index (χ4v) is 11.4. The van der Waals surface area contributed by atoms with Gasteiger partial charge in [0.15, 0.2) is 0 Å². The van der Waals surface area contributed by atoms with Gasteiger partial charge < -0.3 is 0 Å². The van der Waals surface area contributed by atoms with Crippen LogP contribution in [0.5, 0.6) is 0 Å². The molecule has 0 aliphatic rings. The first-order valence-electron chi connectivity index (χ1n) is 4.64. The molecular weight excluding hydrogens is 243 g/mol. The molecule has 0 aromatic heterocycles. The summed E-state index contributed by atoms with van der Waals surface area (Å²) in [6.45, 7) is 6.42.